The van der Waals surface area contributed by atoms with Crippen LogP contribution in [-0.2, 0) is 10.3 Å². The van der Waals surface area contributed by atoms with Gasteiger partial charge in [-0.2, -0.15) is 0 Å². The average Bonchev–Trinajstić information content (AvgIpc) is 3.10. The Kier molecular flexibility index (Phi) is 4.23. The molecule has 142 valence electrons. The molecule has 1 fully saturated rings. The number of benzene rings is 2. The number of hydrogen-bond acceptors (Lipinski definition) is 3. The molecule has 7 heteroatoms. The highest BCUT2D eigenvalue weighted by atomic mass is 35.5. The van der Waals surface area contributed by atoms with E-state index in [1.807, 2.05) is 24.3 Å². The van der Waals surface area contributed by atoms with Crippen LogP contribution >= 0.6 is 11.6 Å². The van der Waals surface area contributed by atoms with E-state index in [4.69, 9.17) is 11.6 Å². The molecular formula is C21H18ClN3O3. The van der Waals surface area contributed by atoms with Gasteiger partial charge in [-0.3, -0.25) is 14.5 Å². The fraction of sp³-hybridized carbons (Fsp3) is 0.190. The third kappa shape index (κ3) is 2.68. The van der Waals surface area contributed by atoms with E-state index < -0.39 is 17.5 Å². The number of ketones is 1. The third-order valence-electron chi connectivity index (χ3n) is 5.16. The standard InChI is InChI=1S/C21H18ClN3O3/c1-12-18(13-7-3-6-10-16(13)23-12)17(26)11-25-19(27)21(2,24-20(25)28)14-8-4-5-9-15(14)22/h3-10,23H,11H2,1-2H3,(H,24,28)/t21-/m0/s1. The number of carbonyl (C=O) groups is 3. The maximum absolute atomic E-state index is 13.1. The molecule has 1 aromatic heterocycles. The van der Waals surface area contributed by atoms with E-state index in [2.05, 4.69) is 10.3 Å². The summed E-state index contributed by atoms with van der Waals surface area (Å²) in [5, 5.41) is 3.83. The normalized spacial score (nSPS) is 19.3. The van der Waals surface area contributed by atoms with Crippen molar-refractivity contribution in [1.82, 2.24) is 15.2 Å². The summed E-state index contributed by atoms with van der Waals surface area (Å²) in [6.45, 7) is 3.05. The molecule has 1 atom stereocenters. The van der Waals surface area contributed by atoms with Gasteiger partial charge in [-0.15, -0.1) is 0 Å². The molecule has 4 rings (SSSR count). The Hall–Kier alpha value is -3.12. The number of nitrogens with one attached hydrogen (secondary N) is 2. The van der Waals surface area contributed by atoms with Gasteiger partial charge in [0.05, 0.1) is 6.54 Å². The lowest BCUT2D eigenvalue weighted by Gasteiger charge is -2.23. The minimum atomic E-state index is -1.31. The van der Waals surface area contributed by atoms with Gasteiger partial charge in [0.15, 0.2) is 5.78 Å². The molecule has 2 heterocycles. The number of halogens is 1. The highest BCUT2D eigenvalue weighted by molar-refractivity contribution is 6.32. The highest BCUT2D eigenvalue weighted by Gasteiger charge is 2.50. The fourth-order valence-corrected chi connectivity index (χ4v) is 4.07. The van der Waals surface area contributed by atoms with Crippen LogP contribution in [0.2, 0.25) is 5.02 Å². The number of para-hydroxylation sites is 1. The fourth-order valence-electron chi connectivity index (χ4n) is 3.75. The summed E-state index contributed by atoms with van der Waals surface area (Å²) in [5.41, 5.74) is 1.20. The number of hydrogen-bond donors (Lipinski definition) is 2. The molecule has 28 heavy (non-hydrogen) atoms. The van der Waals surface area contributed by atoms with Gasteiger partial charge >= 0.3 is 6.03 Å². The predicted octanol–water partition coefficient (Wildman–Crippen LogP) is 3.78. The van der Waals surface area contributed by atoms with Gasteiger partial charge in [-0.25, -0.2) is 4.79 Å². The molecule has 1 aliphatic heterocycles. The number of aromatic nitrogens is 1. The molecule has 0 radical (unpaired) electrons. The van der Waals surface area contributed by atoms with Gasteiger partial charge in [0.1, 0.15) is 5.54 Å². The second-order valence-electron chi connectivity index (χ2n) is 7.02. The Balaban J connectivity index is 1.66. The van der Waals surface area contributed by atoms with Gasteiger partial charge in [0.2, 0.25) is 0 Å². The highest BCUT2D eigenvalue weighted by Crippen LogP contribution is 2.33. The lowest BCUT2D eigenvalue weighted by molar-refractivity contribution is -0.130. The molecule has 0 saturated carbocycles. The van der Waals surface area contributed by atoms with E-state index in [9.17, 15) is 14.4 Å². The number of fused-ring (bicyclic) bond motifs is 1. The number of H-pyrrole nitrogens is 1. The maximum atomic E-state index is 13.1. The zero-order chi connectivity index (χ0) is 20.1. The van der Waals surface area contributed by atoms with Crippen LogP contribution < -0.4 is 5.32 Å². The lowest BCUT2D eigenvalue weighted by atomic mass is 9.92. The van der Waals surface area contributed by atoms with Crippen LogP contribution in [0.25, 0.3) is 10.9 Å². The van der Waals surface area contributed by atoms with Gasteiger partial charge in [0, 0.05) is 32.7 Å². The van der Waals surface area contributed by atoms with E-state index in [0.717, 1.165) is 15.8 Å². The minimum absolute atomic E-state index is 0.304. The molecule has 3 amide bonds. The first-order valence-electron chi connectivity index (χ1n) is 8.82. The molecule has 0 unspecified atom stereocenters. The van der Waals surface area contributed by atoms with Crippen LogP contribution in [0.4, 0.5) is 4.79 Å². The van der Waals surface area contributed by atoms with Gasteiger partial charge in [-0.05, 0) is 26.0 Å². The molecule has 0 spiro atoms. The SMILES string of the molecule is Cc1[nH]c2ccccc2c1C(=O)CN1C(=O)N[C@@](C)(c2ccccc2Cl)C1=O. The van der Waals surface area contributed by atoms with Crippen LogP contribution in [0, 0.1) is 6.92 Å². The summed E-state index contributed by atoms with van der Waals surface area (Å²) in [6, 6.07) is 13.7. The number of carbonyl (C=O) groups excluding carboxylic acids is 3. The van der Waals surface area contributed by atoms with Crippen molar-refractivity contribution in [1.29, 1.82) is 0 Å². The lowest BCUT2D eigenvalue weighted by Crippen LogP contribution is -2.41. The van der Waals surface area contributed by atoms with E-state index in [1.54, 1.807) is 38.1 Å². The summed E-state index contributed by atoms with van der Waals surface area (Å²) in [5.74, 6) is -0.807. The van der Waals surface area contributed by atoms with Crippen molar-refractivity contribution in [2.45, 2.75) is 19.4 Å². The summed E-state index contributed by atoms with van der Waals surface area (Å²) in [6.07, 6.45) is 0. The molecule has 2 aromatic carbocycles. The Morgan fingerprint density at radius 3 is 2.54 bits per heavy atom. The summed E-state index contributed by atoms with van der Waals surface area (Å²) in [7, 11) is 0. The van der Waals surface area contributed by atoms with Crippen LogP contribution in [0.1, 0.15) is 28.5 Å². The average molecular weight is 396 g/mol. The van der Waals surface area contributed by atoms with Crippen LogP contribution in [0.3, 0.4) is 0 Å². The van der Waals surface area contributed by atoms with Crippen molar-refractivity contribution in [2.24, 2.45) is 0 Å². The molecule has 6 nitrogen and oxygen atoms in total. The molecule has 2 N–H and O–H groups in total. The quantitative estimate of drug-likeness (QED) is 0.521. The van der Waals surface area contributed by atoms with Gasteiger partial charge < -0.3 is 10.3 Å². The largest absolute Gasteiger partial charge is 0.358 e. The van der Waals surface area contributed by atoms with Gasteiger partial charge in [0.25, 0.3) is 5.91 Å². The van der Waals surface area contributed by atoms with Crippen LogP contribution in [0.5, 0.6) is 0 Å². The Labute approximate surface area is 166 Å². The van der Waals surface area contributed by atoms with E-state index in [-0.39, 0.29) is 12.3 Å². The van der Waals surface area contributed by atoms with Crippen molar-refractivity contribution in [2.75, 3.05) is 6.54 Å². The first kappa shape index (κ1) is 18.3. The minimum Gasteiger partial charge on any atom is -0.358 e. The molecule has 0 aliphatic carbocycles. The number of rotatable bonds is 4. The van der Waals surface area contributed by atoms with Crippen molar-refractivity contribution >= 4 is 40.2 Å². The number of urea groups is 1. The molecule has 3 aromatic rings. The third-order valence-corrected chi connectivity index (χ3v) is 5.49. The Morgan fingerprint density at radius 2 is 1.79 bits per heavy atom. The number of aromatic amines is 1. The van der Waals surface area contributed by atoms with Crippen LogP contribution in [0.15, 0.2) is 48.5 Å². The zero-order valence-electron chi connectivity index (χ0n) is 15.4. The maximum Gasteiger partial charge on any atom is 0.325 e. The molecule has 1 saturated heterocycles. The topological polar surface area (TPSA) is 82.3 Å². The number of imide groups is 1. The van der Waals surface area contributed by atoms with Crippen LogP contribution in [-0.4, -0.2) is 34.2 Å². The first-order valence-corrected chi connectivity index (χ1v) is 9.20. The Bertz CT molecular complexity index is 1140. The Morgan fingerprint density at radius 1 is 1.11 bits per heavy atom. The second-order valence-corrected chi connectivity index (χ2v) is 7.43. The number of amides is 3. The van der Waals surface area contributed by atoms with Crippen molar-refractivity contribution in [3.8, 4) is 0 Å². The van der Waals surface area contributed by atoms with E-state index in [0.29, 0.717) is 21.8 Å². The number of Topliss-reactive ketones (excluding diaryl/α,β-unsaturated/α-hetero) is 1. The second kappa shape index (κ2) is 6.49. The molecular weight excluding hydrogens is 378 g/mol. The smallest absolute Gasteiger partial charge is 0.325 e. The van der Waals surface area contributed by atoms with Crippen molar-refractivity contribution in [3.63, 3.8) is 0 Å². The molecule has 0 bridgehead atoms. The van der Waals surface area contributed by atoms with Crippen molar-refractivity contribution in [3.05, 3.63) is 70.4 Å². The molecule has 1 aliphatic rings. The van der Waals surface area contributed by atoms with E-state index >= 15 is 0 Å². The van der Waals surface area contributed by atoms with E-state index in [1.165, 1.54) is 0 Å². The summed E-state index contributed by atoms with van der Waals surface area (Å²) in [4.78, 5) is 42.7. The monoisotopic (exact) mass is 395 g/mol. The summed E-state index contributed by atoms with van der Waals surface area (Å²) < 4.78 is 0. The predicted molar refractivity (Wildman–Crippen MR) is 106 cm³/mol. The van der Waals surface area contributed by atoms with Gasteiger partial charge in [-0.1, -0.05) is 48.0 Å². The number of aryl methyl sites for hydroxylation is 1. The zero-order valence-corrected chi connectivity index (χ0v) is 16.1. The summed E-state index contributed by atoms with van der Waals surface area (Å²) >= 11 is 6.23. The first-order chi connectivity index (χ1) is 13.3. The number of nitrogens with zero attached hydrogens (tertiary/aromatic N) is 1. The van der Waals surface area contributed by atoms with Crippen molar-refractivity contribution < 1.29 is 14.4 Å².